The van der Waals surface area contributed by atoms with E-state index >= 15 is 0 Å². The van der Waals surface area contributed by atoms with Gasteiger partial charge in [0.25, 0.3) is 0 Å². The van der Waals surface area contributed by atoms with Crippen molar-refractivity contribution >= 4 is 5.91 Å². The molecule has 4 nitrogen and oxygen atoms in total. The Labute approximate surface area is 137 Å². The fourth-order valence-corrected chi connectivity index (χ4v) is 3.54. The Morgan fingerprint density at radius 1 is 1.26 bits per heavy atom. The van der Waals surface area contributed by atoms with Crippen molar-refractivity contribution < 1.29 is 9.21 Å². The van der Waals surface area contributed by atoms with Crippen LogP contribution in [0, 0.1) is 5.92 Å². The summed E-state index contributed by atoms with van der Waals surface area (Å²) in [5.41, 5.74) is 1.04. The third-order valence-corrected chi connectivity index (χ3v) is 4.70. The summed E-state index contributed by atoms with van der Waals surface area (Å²) in [5, 5.41) is 3.09. The van der Waals surface area contributed by atoms with Gasteiger partial charge >= 0.3 is 0 Å². The topological polar surface area (TPSA) is 55.1 Å². The number of hydrogen-bond donors (Lipinski definition) is 1. The van der Waals surface area contributed by atoms with Gasteiger partial charge in [0.05, 0.1) is 12.2 Å². The third-order valence-electron chi connectivity index (χ3n) is 4.70. The molecule has 0 saturated heterocycles. The predicted molar refractivity (Wildman–Crippen MR) is 89.0 cm³/mol. The summed E-state index contributed by atoms with van der Waals surface area (Å²) in [6.45, 7) is 0.607. The van der Waals surface area contributed by atoms with Crippen molar-refractivity contribution in [3.05, 3.63) is 54.2 Å². The molecule has 0 aromatic carbocycles. The number of carbonyl (C=O) groups excluding carboxylic acids is 1. The van der Waals surface area contributed by atoms with E-state index in [0.29, 0.717) is 12.5 Å². The largest absolute Gasteiger partial charge is 0.469 e. The molecule has 1 aliphatic rings. The van der Waals surface area contributed by atoms with Crippen molar-refractivity contribution in [3.63, 3.8) is 0 Å². The van der Waals surface area contributed by atoms with Crippen LogP contribution in [0.25, 0.3) is 0 Å². The molecular formula is C19H24N2O2. The molecule has 23 heavy (non-hydrogen) atoms. The molecule has 1 aliphatic carbocycles. The van der Waals surface area contributed by atoms with Crippen molar-refractivity contribution in [3.8, 4) is 0 Å². The number of amides is 1. The molecule has 0 radical (unpaired) electrons. The number of furan rings is 1. The number of aromatic nitrogens is 1. The van der Waals surface area contributed by atoms with Crippen LogP contribution in [0.3, 0.4) is 0 Å². The van der Waals surface area contributed by atoms with Crippen molar-refractivity contribution in [1.82, 2.24) is 10.3 Å². The summed E-state index contributed by atoms with van der Waals surface area (Å²) in [6, 6.07) is 7.75. The molecule has 1 atom stereocenters. The zero-order valence-corrected chi connectivity index (χ0v) is 13.4. The lowest BCUT2D eigenvalue weighted by Crippen LogP contribution is -2.35. The number of rotatable bonds is 6. The minimum absolute atomic E-state index is 0.0828. The second-order valence-corrected chi connectivity index (χ2v) is 6.28. The molecule has 1 amide bonds. The van der Waals surface area contributed by atoms with Crippen LogP contribution in [0.1, 0.15) is 49.3 Å². The molecule has 1 fully saturated rings. The second-order valence-electron chi connectivity index (χ2n) is 6.28. The average molecular weight is 312 g/mol. The van der Waals surface area contributed by atoms with Gasteiger partial charge in [-0.05, 0) is 42.5 Å². The molecule has 0 spiro atoms. The monoisotopic (exact) mass is 312 g/mol. The minimum atomic E-state index is -0.0828. The molecule has 3 rings (SSSR count). The fraction of sp³-hybridized carbons (Fsp3) is 0.474. The van der Waals surface area contributed by atoms with Gasteiger partial charge < -0.3 is 9.73 Å². The van der Waals surface area contributed by atoms with Crippen molar-refractivity contribution in [1.29, 1.82) is 0 Å². The summed E-state index contributed by atoms with van der Waals surface area (Å²) >= 11 is 0. The van der Waals surface area contributed by atoms with E-state index in [1.165, 1.54) is 19.3 Å². The van der Waals surface area contributed by atoms with Gasteiger partial charge in [-0.2, -0.15) is 0 Å². The Bertz CT molecular complexity index is 589. The van der Waals surface area contributed by atoms with E-state index in [1.54, 1.807) is 12.5 Å². The van der Waals surface area contributed by atoms with Gasteiger partial charge in [-0.15, -0.1) is 0 Å². The van der Waals surface area contributed by atoms with E-state index in [2.05, 4.69) is 10.3 Å². The van der Waals surface area contributed by atoms with Crippen LogP contribution in [0.15, 0.2) is 47.3 Å². The highest BCUT2D eigenvalue weighted by Gasteiger charge is 2.30. The molecule has 2 aromatic heterocycles. The normalized spacial score (nSPS) is 16.9. The SMILES string of the molecule is O=C(NCCc1ccco1)[C@H](c1cccnc1)C1CCCCC1. The zero-order chi connectivity index (χ0) is 15.9. The number of carbonyl (C=O) groups is 1. The fourth-order valence-electron chi connectivity index (χ4n) is 3.54. The molecular weight excluding hydrogens is 288 g/mol. The van der Waals surface area contributed by atoms with Crippen LogP contribution < -0.4 is 5.32 Å². The van der Waals surface area contributed by atoms with Crippen molar-refractivity contribution in [2.45, 2.75) is 44.4 Å². The number of nitrogens with zero attached hydrogens (tertiary/aromatic N) is 1. The van der Waals surface area contributed by atoms with E-state index in [4.69, 9.17) is 4.42 Å². The van der Waals surface area contributed by atoms with Crippen LogP contribution in [-0.4, -0.2) is 17.4 Å². The van der Waals surface area contributed by atoms with Gasteiger partial charge in [0.2, 0.25) is 5.91 Å². The Hall–Kier alpha value is -2.10. The van der Waals surface area contributed by atoms with E-state index in [1.807, 2.05) is 30.5 Å². The summed E-state index contributed by atoms with van der Waals surface area (Å²) in [6.07, 6.45) is 12.0. The zero-order valence-electron chi connectivity index (χ0n) is 13.4. The number of pyridine rings is 1. The van der Waals surface area contributed by atoms with Crippen LogP contribution in [0.5, 0.6) is 0 Å². The highest BCUT2D eigenvalue weighted by molar-refractivity contribution is 5.83. The molecule has 1 N–H and O–H groups in total. The van der Waals surface area contributed by atoms with Crippen LogP contribution in [0.4, 0.5) is 0 Å². The maximum absolute atomic E-state index is 12.8. The lowest BCUT2D eigenvalue weighted by Gasteiger charge is -2.29. The first-order valence-corrected chi connectivity index (χ1v) is 8.54. The van der Waals surface area contributed by atoms with Gasteiger partial charge in [-0.3, -0.25) is 9.78 Å². The standard InChI is InChI=1S/C19H24N2O2/c22-19(21-12-10-17-9-5-13-23-17)18(15-6-2-1-3-7-15)16-8-4-11-20-14-16/h4-5,8-9,11,13-15,18H,1-3,6-7,10,12H2,(H,21,22)/t18-/m0/s1. The van der Waals surface area contributed by atoms with Gasteiger partial charge in [-0.1, -0.05) is 25.3 Å². The quantitative estimate of drug-likeness (QED) is 0.885. The van der Waals surface area contributed by atoms with Crippen molar-refractivity contribution in [2.75, 3.05) is 6.54 Å². The first-order valence-electron chi connectivity index (χ1n) is 8.54. The molecule has 0 aliphatic heterocycles. The highest BCUT2D eigenvalue weighted by Crippen LogP contribution is 2.36. The lowest BCUT2D eigenvalue weighted by atomic mass is 9.76. The summed E-state index contributed by atoms with van der Waals surface area (Å²) < 4.78 is 5.32. The molecule has 2 heterocycles. The van der Waals surface area contributed by atoms with Crippen molar-refractivity contribution in [2.24, 2.45) is 5.92 Å². The maximum Gasteiger partial charge on any atom is 0.227 e. The molecule has 1 saturated carbocycles. The van der Waals surface area contributed by atoms with E-state index < -0.39 is 0 Å². The number of nitrogens with one attached hydrogen (secondary N) is 1. The summed E-state index contributed by atoms with van der Waals surface area (Å²) in [4.78, 5) is 17.0. The first-order chi connectivity index (χ1) is 11.3. The first kappa shape index (κ1) is 15.8. The molecule has 0 unspecified atom stereocenters. The van der Waals surface area contributed by atoms with E-state index in [9.17, 15) is 4.79 Å². The van der Waals surface area contributed by atoms with E-state index in [-0.39, 0.29) is 11.8 Å². The Morgan fingerprint density at radius 3 is 2.83 bits per heavy atom. The predicted octanol–water partition coefficient (Wildman–Crippen LogP) is 3.70. The molecule has 4 heteroatoms. The van der Waals surface area contributed by atoms with Gasteiger partial charge in [0.15, 0.2) is 0 Å². The Morgan fingerprint density at radius 2 is 2.13 bits per heavy atom. The summed E-state index contributed by atoms with van der Waals surface area (Å²) in [7, 11) is 0. The maximum atomic E-state index is 12.8. The third kappa shape index (κ3) is 4.21. The van der Waals surface area contributed by atoms with Crippen LogP contribution in [-0.2, 0) is 11.2 Å². The average Bonchev–Trinajstić information content (AvgIpc) is 3.10. The van der Waals surface area contributed by atoms with Crippen LogP contribution >= 0.6 is 0 Å². The summed E-state index contributed by atoms with van der Waals surface area (Å²) in [5.74, 6) is 1.37. The molecule has 2 aromatic rings. The minimum Gasteiger partial charge on any atom is -0.469 e. The molecule has 0 bridgehead atoms. The number of hydrogen-bond acceptors (Lipinski definition) is 3. The van der Waals surface area contributed by atoms with Crippen LogP contribution in [0.2, 0.25) is 0 Å². The van der Waals surface area contributed by atoms with Gasteiger partial charge in [0.1, 0.15) is 5.76 Å². The van der Waals surface area contributed by atoms with Gasteiger partial charge in [-0.25, -0.2) is 0 Å². The Balaban J connectivity index is 1.65. The molecule has 122 valence electrons. The second kappa shape index (κ2) is 7.95. The highest BCUT2D eigenvalue weighted by atomic mass is 16.3. The van der Waals surface area contributed by atoms with Gasteiger partial charge in [0, 0.05) is 25.4 Å². The van der Waals surface area contributed by atoms with E-state index in [0.717, 1.165) is 30.6 Å². The Kier molecular flexibility index (Phi) is 5.46. The lowest BCUT2D eigenvalue weighted by molar-refractivity contribution is -0.124. The smallest absolute Gasteiger partial charge is 0.227 e.